The zero-order valence-corrected chi connectivity index (χ0v) is 21.3. The van der Waals surface area contributed by atoms with Crippen molar-refractivity contribution in [1.29, 1.82) is 0 Å². The van der Waals surface area contributed by atoms with Gasteiger partial charge >= 0.3 is 0 Å². The van der Waals surface area contributed by atoms with Crippen LogP contribution in [0.4, 0.5) is 11.4 Å². The second kappa shape index (κ2) is 9.71. The van der Waals surface area contributed by atoms with Gasteiger partial charge in [0, 0.05) is 34.7 Å². The fourth-order valence-corrected chi connectivity index (χ4v) is 5.56. The molecule has 1 amide bonds. The van der Waals surface area contributed by atoms with E-state index < -0.39 is 6.04 Å². The number of hydrogen-bond acceptors (Lipinski definition) is 5. The number of nitrogens with one attached hydrogen (secondary N) is 1. The molecular weight excluding hydrogens is 476 g/mol. The van der Waals surface area contributed by atoms with Gasteiger partial charge in [-0.25, -0.2) is 0 Å². The number of carbonyl (C=O) groups excluding carboxylic acids is 2. The molecule has 6 rings (SSSR count). The Morgan fingerprint density at radius 2 is 1.71 bits per heavy atom. The Labute approximate surface area is 221 Å². The van der Waals surface area contributed by atoms with Crippen molar-refractivity contribution in [2.75, 3.05) is 17.3 Å². The molecule has 0 bridgehead atoms. The SMILES string of the molecule is COc1ccccc1[C@@H]1C2=C(C[C@@H](c3ccco3)CC2=O)Nc2ccccc2N1C(=O)c1ccc(C)cc1. The van der Waals surface area contributed by atoms with Crippen molar-refractivity contribution in [3.05, 3.63) is 125 Å². The van der Waals surface area contributed by atoms with Crippen LogP contribution in [0.1, 0.15) is 52.0 Å². The first-order chi connectivity index (χ1) is 18.5. The molecule has 0 spiro atoms. The van der Waals surface area contributed by atoms with Crippen molar-refractivity contribution in [2.45, 2.75) is 31.7 Å². The minimum Gasteiger partial charge on any atom is -0.496 e. The zero-order valence-electron chi connectivity index (χ0n) is 21.3. The van der Waals surface area contributed by atoms with Crippen LogP contribution in [0.2, 0.25) is 0 Å². The fourth-order valence-electron chi connectivity index (χ4n) is 5.56. The predicted molar refractivity (Wildman–Crippen MR) is 147 cm³/mol. The lowest BCUT2D eigenvalue weighted by Gasteiger charge is -2.35. The molecule has 0 saturated heterocycles. The third-order valence-electron chi connectivity index (χ3n) is 7.39. The van der Waals surface area contributed by atoms with Crippen LogP contribution in [0.5, 0.6) is 5.75 Å². The second-order valence-corrected chi connectivity index (χ2v) is 9.76. The van der Waals surface area contributed by atoms with Crippen molar-refractivity contribution < 1.29 is 18.7 Å². The Balaban J connectivity index is 1.60. The summed E-state index contributed by atoms with van der Waals surface area (Å²) in [6.45, 7) is 1.99. The molecule has 0 radical (unpaired) electrons. The molecule has 0 saturated carbocycles. The molecule has 1 aliphatic carbocycles. The van der Waals surface area contributed by atoms with E-state index in [2.05, 4.69) is 5.32 Å². The number of rotatable bonds is 4. The Morgan fingerprint density at radius 1 is 0.947 bits per heavy atom. The lowest BCUT2D eigenvalue weighted by molar-refractivity contribution is -0.116. The predicted octanol–water partition coefficient (Wildman–Crippen LogP) is 6.81. The average Bonchev–Trinajstić information content (AvgIpc) is 3.43. The van der Waals surface area contributed by atoms with E-state index in [1.165, 1.54) is 0 Å². The molecule has 2 aliphatic rings. The highest BCUT2D eigenvalue weighted by Gasteiger charge is 2.43. The highest BCUT2D eigenvalue weighted by molar-refractivity contribution is 6.12. The lowest BCUT2D eigenvalue weighted by atomic mass is 9.79. The topological polar surface area (TPSA) is 71.8 Å². The van der Waals surface area contributed by atoms with Crippen molar-refractivity contribution in [1.82, 2.24) is 0 Å². The molecule has 2 heterocycles. The van der Waals surface area contributed by atoms with E-state index in [1.807, 2.05) is 91.9 Å². The van der Waals surface area contributed by atoms with E-state index in [0.29, 0.717) is 35.4 Å². The summed E-state index contributed by atoms with van der Waals surface area (Å²) in [4.78, 5) is 30.2. The van der Waals surface area contributed by atoms with E-state index in [9.17, 15) is 9.59 Å². The van der Waals surface area contributed by atoms with Crippen LogP contribution in [-0.4, -0.2) is 18.8 Å². The van der Waals surface area contributed by atoms with Gasteiger partial charge in [-0.05, 0) is 55.8 Å². The van der Waals surface area contributed by atoms with Crippen LogP contribution in [0.15, 0.2) is 107 Å². The molecule has 38 heavy (non-hydrogen) atoms. The fraction of sp³-hybridized carbons (Fsp3) is 0.188. The number of amides is 1. The van der Waals surface area contributed by atoms with E-state index in [0.717, 1.165) is 28.3 Å². The number of methoxy groups -OCH3 is 1. The summed E-state index contributed by atoms with van der Waals surface area (Å²) in [7, 11) is 1.61. The van der Waals surface area contributed by atoms with Crippen LogP contribution in [0.3, 0.4) is 0 Å². The van der Waals surface area contributed by atoms with Crippen molar-refractivity contribution in [3.8, 4) is 5.75 Å². The smallest absolute Gasteiger partial charge is 0.259 e. The number of benzene rings is 3. The maximum atomic E-state index is 14.4. The minimum atomic E-state index is -0.684. The number of para-hydroxylation sites is 3. The zero-order chi connectivity index (χ0) is 26.2. The van der Waals surface area contributed by atoms with Crippen LogP contribution in [0, 0.1) is 6.92 Å². The van der Waals surface area contributed by atoms with Gasteiger partial charge in [-0.15, -0.1) is 0 Å². The first kappa shape index (κ1) is 23.8. The summed E-state index contributed by atoms with van der Waals surface area (Å²) < 4.78 is 11.5. The summed E-state index contributed by atoms with van der Waals surface area (Å²) in [5.41, 5.74) is 5.21. The Morgan fingerprint density at radius 3 is 2.47 bits per heavy atom. The highest BCUT2D eigenvalue weighted by Crippen LogP contribution is 2.49. The third-order valence-corrected chi connectivity index (χ3v) is 7.39. The van der Waals surface area contributed by atoms with Gasteiger partial charge in [0.1, 0.15) is 11.5 Å². The van der Waals surface area contributed by atoms with E-state index in [-0.39, 0.29) is 17.6 Å². The van der Waals surface area contributed by atoms with Crippen LogP contribution in [0.25, 0.3) is 0 Å². The van der Waals surface area contributed by atoms with E-state index in [4.69, 9.17) is 9.15 Å². The number of hydrogen-bond donors (Lipinski definition) is 1. The van der Waals surface area contributed by atoms with Gasteiger partial charge < -0.3 is 14.5 Å². The maximum Gasteiger partial charge on any atom is 0.259 e. The van der Waals surface area contributed by atoms with Gasteiger partial charge in [-0.2, -0.15) is 0 Å². The summed E-state index contributed by atoms with van der Waals surface area (Å²) in [5, 5.41) is 3.55. The molecule has 1 aliphatic heterocycles. The highest BCUT2D eigenvalue weighted by atomic mass is 16.5. The van der Waals surface area contributed by atoms with Crippen LogP contribution >= 0.6 is 0 Å². The number of nitrogens with zero attached hydrogens (tertiary/aromatic N) is 1. The molecule has 4 aromatic rings. The van der Waals surface area contributed by atoms with Crippen molar-refractivity contribution >= 4 is 23.1 Å². The standard InChI is InChI=1S/C32H28N2O4/c1-20-13-15-21(16-14-20)32(36)34-26-10-5-4-9-24(26)33-25-18-22(28-12-7-17-38-28)19-27(35)30(25)31(34)23-8-3-6-11-29(23)37-2/h3-17,22,31,33H,18-19H2,1-2H3/t22-,31-/m1/s1. The number of Topliss-reactive ketones (excluding diaryl/α,β-unsaturated/α-hetero) is 1. The largest absolute Gasteiger partial charge is 0.496 e. The summed E-state index contributed by atoms with van der Waals surface area (Å²) in [5.74, 6) is 1.10. The Bertz CT molecular complexity index is 1540. The quantitative estimate of drug-likeness (QED) is 0.331. The number of anilines is 2. The molecule has 6 heteroatoms. The van der Waals surface area contributed by atoms with Gasteiger partial charge in [0.25, 0.3) is 5.91 Å². The molecule has 2 atom stereocenters. The van der Waals surface area contributed by atoms with Gasteiger partial charge in [-0.3, -0.25) is 14.5 Å². The monoisotopic (exact) mass is 504 g/mol. The van der Waals surface area contributed by atoms with Gasteiger partial charge in [0.15, 0.2) is 5.78 Å². The molecule has 1 aromatic heterocycles. The second-order valence-electron chi connectivity index (χ2n) is 9.76. The normalized spacial score (nSPS) is 18.8. The lowest BCUT2D eigenvalue weighted by Crippen LogP contribution is -2.38. The number of ether oxygens (including phenoxy) is 1. The molecule has 190 valence electrons. The number of allylic oxidation sites excluding steroid dienone is 1. The number of carbonyl (C=O) groups is 2. The number of fused-ring (bicyclic) bond motifs is 1. The Hall–Kier alpha value is -4.58. The molecule has 1 N–H and O–H groups in total. The summed E-state index contributed by atoms with van der Waals surface area (Å²) in [6, 6.07) is 25.9. The van der Waals surface area contributed by atoms with E-state index in [1.54, 1.807) is 18.3 Å². The van der Waals surface area contributed by atoms with Gasteiger partial charge in [0.2, 0.25) is 0 Å². The molecule has 3 aromatic carbocycles. The number of furan rings is 1. The van der Waals surface area contributed by atoms with Gasteiger partial charge in [0.05, 0.1) is 30.8 Å². The third kappa shape index (κ3) is 4.08. The van der Waals surface area contributed by atoms with Crippen LogP contribution in [-0.2, 0) is 4.79 Å². The van der Waals surface area contributed by atoms with Crippen molar-refractivity contribution in [3.63, 3.8) is 0 Å². The number of aryl methyl sites for hydroxylation is 1. The van der Waals surface area contributed by atoms with Crippen LogP contribution < -0.4 is 15.0 Å². The minimum absolute atomic E-state index is 0.0226. The summed E-state index contributed by atoms with van der Waals surface area (Å²) >= 11 is 0. The van der Waals surface area contributed by atoms with E-state index >= 15 is 0 Å². The van der Waals surface area contributed by atoms with Gasteiger partial charge in [-0.1, -0.05) is 48.0 Å². The first-order valence-electron chi connectivity index (χ1n) is 12.7. The Kier molecular flexibility index (Phi) is 6.08. The summed E-state index contributed by atoms with van der Waals surface area (Å²) in [6.07, 6.45) is 2.52. The first-order valence-corrected chi connectivity index (χ1v) is 12.7. The molecular formula is C32H28N2O4. The average molecular weight is 505 g/mol. The number of ketones is 1. The van der Waals surface area contributed by atoms with Crippen molar-refractivity contribution in [2.24, 2.45) is 0 Å². The maximum absolute atomic E-state index is 14.4. The molecule has 6 nitrogen and oxygen atoms in total. The molecule has 0 fully saturated rings. The molecule has 0 unspecified atom stereocenters.